The highest BCUT2D eigenvalue weighted by Gasteiger charge is 2.30. The van der Waals surface area contributed by atoms with Gasteiger partial charge in [0.25, 0.3) is 0 Å². The molecule has 1 aliphatic rings. The predicted octanol–water partition coefficient (Wildman–Crippen LogP) is 3.12. The van der Waals surface area contributed by atoms with Gasteiger partial charge in [0, 0.05) is 24.5 Å². The summed E-state index contributed by atoms with van der Waals surface area (Å²) in [4.78, 5) is 6.91. The van der Waals surface area contributed by atoms with E-state index in [2.05, 4.69) is 29.8 Å². The number of aromatic nitrogens is 1. The minimum absolute atomic E-state index is 0.136. The highest BCUT2D eigenvalue weighted by Crippen LogP contribution is 2.30. The lowest BCUT2D eigenvalue weighted by atomic mass is 9.97. The maximum absolute atomic E-state index is 6.30. The van der Waals surface area contributed by atoms with Crippen molar-refractivity contribution in [3.63, 3.8) is 0 Å². The molecule has 0 amide bonds. The minimum atomic E-state index is 0.136. The monoisotopic (exact) mass is 261 g/mol. The second kappa shape index (κ2) is 7.01. The summed E-state index contributed by atoms with van der Waals surface area (Å²) in [6.45, 7) is 5.58. The molecule has 2 heterocycles. The van der Waals surface area contributed by atoms with Crippen LogP contribution in [0.3, 0.4) is 0 Å². The number of nitrogens with two attached hydrogens (primary N) is 1. The fourth-order valence-electron chi connectivity index (χ4n) is 3.35. The van der Waals surface area contributed by atoms with E-state index in [9.17, 15) is 0 Å². The van der Waals surface area contributed by atoms with Crippen LogP contribution in [0.2, 0.25) is 0 Å². The molecule has 3 heteroatoms. The van der Waals surface area contributed by atoms with Crippen LogP contribution < -0.4 is 5.73 Å². The van der Waals surface area contributed by atoms with Gasteiger partial charge in [-0.15, -0.1) is 0 Å². The maximum Gasteiger partial charge on any atom is 0.0514 e. The number of hydrogen-bond acceptors (Lipinski definition) is 3. The van der Waals surface area contributed by atoms with Crippen LogP contribution in [-0.2, 0) is 0 Å². The predicted molar refractivity (Wildman–Crippen MR) is 79.9 cm³/mol. The number of nitrogens with zero attached hydrogens (tertiary/aromatic N) is 2. The Kier molecular flexibility index (Phi) is 5.34. The molecule has 1 aliphatic heterocycles. The third-order valence-corrected chi connectivity index (χ3v) is 4.28. The van der Waals surface area contributed by atoms with Crippen LogP contribution in [0.1, 0.15) is 57.6 Å². The first-order valence-electron chi connectivity index (χ1n) is 7.65. The van der Waals surface area contributed by atoms with Crippen LogP contribution in [0.15, 0.2) is 24.5 Å². The lowest BCUT2D eigenvalue weighted by molar-refractivity contribution is 0.116. The molecule has 0 aromatic carbocycles. The van der Waals surface area contributed by atoms with Crippen molar-refractivity contribution in [3.05, 3.63) is 30.1 Å². The first-order chi connectivity index (χ1) is 9.24. The largest absolute Gasteiger partial charge is 0.326 e. The lowest BCUT2D eigenvalue weighted by Gasteiger charge is -2.39. The van der Waals surface area contributed by atoms with Gasteiger partial charge in [-0.2, -0.15) is 0 Å². The highest BCUT2D eigenvalue weighted by atomic mass is 15.2. The van der Waals surface area contributed by atoms with E-state index in [1.807, 2.05) is 18.5 Å². The van der Waals surface area contributed by atoms with Gasteiger partial charge in [0.1, 0.15) is 0 Å². The number of hydrogen-bond donors (Lipinski definition) is 1. The molecule has 106 valence electrons. The molecule has 2 N–H and O–H groups in total. The van der Waals surface area contributed by atoms with Gasteiger partial charge in [-0.25, -0.2) is 0 Å². The van der Waals surface area contributed by atoms with Crippen molar-refractivity contribution in [3.8, 4) is 0 Å². The van der Waals surface area contributed by atoms with Crippen molar-refractivity contribution >= 4 is 0 Å². The zero-order chi connectivity index (χ0) is 13.7. The number of rotatable bonds is 4. The molecule has 3 nitrogen and oxygen atoms in total. The van der Waals surface area contributed by atoms with E-state index in [4.69, 9.17) is 5.73 Å². The third kappa shape index (κ3) is 3.54. The fourth-order valence-corrected chi connectivity index (χ4v) is 3.35. The van der Waals surface area contributed by atoms with Gasteiger partial charge in [0.05, 0.1) is 6.04 Å². The second-order valence-electron chi connectivity index (χ2n) is 5.74. The Balaban J connectivity index is 2.26. The molecule has 0 spiro atoms. The molecule has 19 heavy (non-hydrogen) atoms. The van der Waals surface area contributed by atoms with Gasteiger partial charge in [0.2, 0.25) is 0 Å². The van der Waals surface area contributed by atoms with Gasteiger partial charge in [0.15, 0.2) is 0 Å². The molecule has 1 aromatic rings. The normalized spacial score (nSPS) is 24.7. The summed E-state index contributed by atoms with van der Waals surface area (Å²) in [6, 6.07) is 5.29. The van der Waals surface area contributed by atoms with E-state index in [1.165, 1.54) is 44.2 Å². The smallest absolute Gasteiger partial charge is 0.0514 e. The summed E-state index contributed by atoms with van der Waals surface area (Å²) in [5.74, 6) is 0. The van der Waals surface area contributed by atoms with Crippen LogP contribution in [0.4, 0.5) is 0 Å². The van der Waals surface area contributed by atoms with Crippen molar-refractivity contribution in [1.29, 1.82) is 0 Å². The average molecular weight is 261 g/mol. The fraction of sp³-hybridized carbons (Fsp3) is 0.688. The van der Waals surface area contributed by atoms with Crippen molar-refractivity contribution in [2.75, 3.05) is 6.54 Å². The quantitative estimate of drug-likeness (QED) is 0.905. The van der Waals surface area contributed by atoms with Crippen LogP contribution in [0.5, 0.6) is 0 Å². The molecule has 0 aliphatic carbocycles. The molecule has 1 fully saturated rings. The Morgan fingerprint density at radius 2 is 2.26 bits per heavy atom. The first-order valence-corrected chi connectivity index (χ1v) is 7.65. The average Bonchev–Trinajstić information content (AvgIpc) is 2.65. The zero-order valence-corrected chi connectivity index (χ0v) is 12.3. The Morgan fingerprint density at radius 1 is 1.42 bits per heavy atom. The zero-order valence-electron chi connectivity index (χ0n) is 12.3. The van der Waals surface area contributed by atoms with Crippen molar-refractivity contribution in [1.82, 2.24) is 9.88 Å². The van der Waals surface area contributed by atoms with Crippen LogP contribution in [0.25, 0.3) is 0 Å². The molecular formula is C16H27N3. The van der Waals surface area contributed by atoms with E-state index < -0.39 is 0 Å². The van der Waals surface area contributed by atoms with Crippen molar-refractivity contribution in [2.24, 2.45) is 5.73 Å². The van der Waals surface area contributed by atoms with E-state index >= 15 is 0 Å². The summed E-state index contributed by atoms with van der Waals surface area (Å²) >= 11 is 0. The highest BCUT2D eigenvalue weighted by molar-refractivity contribution is 5.16. The summed E-state index contributed by atoms with van der Waals surface area (Å²) in [6.07, 6.45) is 10.3. The van der Waals surface area contributed by atoms with E-state index in [0.717, 1.165) is 0 Å². The van der Waals surface area contributed by atoms with E-state index in [-0.39, 0.29) is 6.04 Å². The Morgan fingerprint density at radius 3 is 2.89 bits per heavy atom. The Hall–Kier alpha value is -0.930. The van der Waals surface area contributed by atoms with E-state index in [1.54, 1.807) is 0 Å². The molecule has 0 bridgehead atoms. The van der Waals surface area contributed by atoms with Crippen LogP contribution in [-0.4, -0.2) is 28.5 Å². The maximum atomic E-state index is 6.30. The molecule has 0 saturated carbocycles. The third-order valence-electron chi connectivity index (χ3n) is 4.28. The molecule has 0 radical (unpaired) electrons. The molecule has 1 aromatic heterocycles. The standard InChI is InChI=1S/C16H27N3/c1-3-15-9-5-4-6-11-19(15)16(13(2)17)14-8-7-10-18-12-14/h7-8,10,12-13,15-16H,3-6,9,11,17H2,1-2H3. The molecular weight excluding hydrogens is 234 g/mol. The molecule has 3 unspecified atom stereocenters. The number of likely N-dealkylation sites (tertiary alicyclic amines) is 1. The van der Waals surface area contributed by atoms with Crippen molar-refractivity contribution in [2.45, 2.75) is 64.1 Å². The van der Waals surface area contributed by atoms with Gasteiger partial charge in [-0.05, 0) is 44.4 Å². The number of pyridine rings is 1. The SMILES string of the molecule is CCC1CCCCCN1C(c1cccnc1)C(C)N. The van der Waals surface area contributed by atoms with E-state index in [0.29, 0.717) is 12.1 Å². The summed E-state index contributed by atoms with van der Waals surface area (Å²) in [5.41, 5.74) is 7.56. The molecule has 1 saturated heterocycles. The first kappa shape index (κ1) is 14.5. The Labute approximate surface area is 117 Å². The van der Waals surface area contributed by atoms with Gasteiger partial charge in [-0.3, -0.25) is 9.88 Å². The lowest BCUT2D eigenvalue weighted by Crippen LogP contribution is -2.45. The summed E-state index contributed by atoms with van der Waals surface area (Å²) < 4.78 is 0. The van der Waals surface area contributed by atoms with Crippen LogP contribution in [0, 0.1) is 0 Å². The molecule has 3 atom stereocenters. The summed E-state index contributed by atoms with van der Waals surface area (Å²) in [5, 5.41) is 0. The Bertz CT molecular complexity index is 364. The van der Waals surface area contributed by atoms with Gasteiger partial charge < -0.3 is 5.73 Å². The topological polar surface area (TPSA) is 42.2 Å². The van der Waals surface area contributed by atoms with Crippen LogP contribution >= 0.6 is 0 Å². The van der Waals surface area contributed by atoms with Gasteiger partial charge >= 0.3 is 0 Å². The van der Waals surface area contributed by atoms with Crippen molar-refractivity contribution < 1.29 is 0 Å². The molecule has 2 rings (SSSR count). The summed E-state index contributed by atoms with van der Waals surface area (Å²) in [7, 11) is 0. The minimum Gasteiger partial charge on any atom is -0.326 e. The second-order valence-corrected chi connectivity index (χ2v) is 5.74. The van der Waals surface area contributed by atoms with Gasteiger partial charge in [-0.1, -0.05) is 25.8 Å².